The van der Waals surface area contributed by atoms with E-state index in [2.05, 4.69) is 36.4 Å². The topological polar surface area (TPSA) is 43.7 Å². The van der Waals surface area contributed by atoms with Crippen LogP contribution in [0.3, 0.4) is 0 Å². The Labute approximate surface area is 201 Å². The number of rotatable bonds is 4. The average Bonchev–Trinajstić information content (AvgIpc) is 3.57. The first-order chi connectivity index (χ1) is 16.8. The van der Waals surface area contributed by atoms with Gasteiger partial charge in [-0.25, -0.2) is 9.98 Å². The Kier molecular flexibility index (Phi) is 4.49. The molecule has 1 aliphatic carbocycles. The summed E-state index contributed by atoms with van der Waals surface area (Å²) in [5, 5.41) is 0.987. The molecule has 0 N–H and O–H groups in total. The molecule has 0 spiro atoms. The number of thiazole rings is 1. The number of nitrogens with zero attached hydrogens (tertiary/aromatic N) is 2. The van der Waals surface area contributed by atoms with Crippen LogP contribution in [0, 0.1) is 0 Å². The van der Waals surface area contributed by atoms with Crippen molar-refractivity contribution in [3.05, 3.63) is 114 Å². The molecule has 7 rings (SSSR count). The van der Waals surface area contributed by atoms with Gasteiger partial charge in [-0.15, -0.1) is 11.3 Å². The third kappa shape index (κ3) is 3.37. The van der Waals surface area contributed by atoms with Crippen LogP contribution in [0.25, 0.3) is 20.8 Å². The zero-order chi connectivity index (χ0) is 22.5. The Hall–Kier alpha value is -3.96. The zero-order valence-corrected chi connectivity index (χ0v) is 19.0. The lowest BCUT2D eigenvalue weighted by atomic mass is 10.1. The van der Waals surface area contributed by atoms with Gasteiger partial charge in [0, 0.05) is 17.5 Å². The molecule has 2 atom stereocenters. The summed E-state index contributed by atoms with van der Waals surface area (Å²) < 4.78 is 13.7. The smallest absolute Gasteiger partial charge is 0.217 e. The Morgan fingerprint density at radius 2 is 1.56 bits per heavy atom. The van der Waals surface area contributed by atoms with Crippen LogP contribution < -0.4 is 4.74 Å². The van der Waals surface area contributed by atoms with E-state index >= 15 is 0 Å². The number of fused-ring (bicyclic) bond motifs is 4. The predicted molar refractivity (Wildman–Crippen MR) is 136 cm³/mol. The van der Waals surface area contributed by atoms with Crippen molar-refractivity contribution in [1.82, 2.24) is 4.98 Å². The fourth-order valence-corrected chi connectivity index (χ4v) is 5.72. The minimum atomic E-state index is 0.0845. The van der Waals surface area contributed by atoms with Gasteiger partial charge in [0.15, 0.2) is 0 Å². The van der Waals surface area contributed by atoms with Gasteiger partial charge >= 0.3 is 0 Å². The fraction of sp³-hybridized carbons (Fsp3) is 0.103. The number of para-hydroxylation sites is 1. The Bertz CT molecular complexity index is 1540. The first-order valence-electron chi connectivity index (χ1n) is 11.4. The van der Waals surface area contributed by atoms with Crippen molar-refractivity contribution in [3.8, 4) is 22.1 Å². The molecule has 5 heteroatoms. The quantitative estimate of drug-likeness (QED) is 0.285. The van der Waals surface area contributed by atoms with E-state index in [4.69, 9.17) is 19.5 Å². The lowest BCUT2D eigenvalue weighted by Gasteiger charge is -2.11. The second kappa shape index (κ2) is 7.82. The van der Waals surface area contributed by atoms with Crippen LogP contribution in [0.15, 0.2) is 102 Å². The normalized spacial score (nSPS) is 18.3. The Balaban J connectivity index is 1.15. The van der Waals surface area contributed by atoms with Crippen molar-refractivity contribution < 1.29 is 9.47 Å². The van der Waals surface area contributed by atoms with Crippen LogP contribution in [-0.2, 0) is 11.2 Å². The molecule has 0 amide bonds. The zero-order valence-electron chi connectivity index (χ0n) is 18.2. The van der Waals surface area contributed by atoms with Crippen molar-refractivity contribution in [1.29, 1.82) is 0 Å². The van der Waals surface area contributed by atoms with Gasteiger partial charge in [-0.1, -0.05) is 54.6 Å². The van der Waals surface area contributed by atoms with Gasteiger partial charge in [0.2, 0.25) is 5.90 Å². The van der Waals surface area contributed by atoms with Crippen LogP contribution in [-0.4, -0.2) is 17.0 Å². The molecule has 1 aromatic heterocycles. The van der Waals surface area contributed by atoms with E-state index in [1.807, 2.05) is 60.7 Å². The second-order valence-corrected chi connectivity index (χ2v) is 9.61. The molecule has 0 saturated carbocycles. The summed E-state index contributed by atoms with van der Waals surface area (Å²) in [5.41, 5.74) is 5.62. The van der Waals surface area contributed by atoms with E-state index < -0.39 is 0 Å². The predicted octanol–water partition coefficient (Wildman–Crippen LogP) is 7.20. The summed E-state index contributed by atoms with van der Waals surface area (Å²) in [4.78, 5) is 9.69. The van der Waals surface area contributed by atoms with E-state index in [1.54, 1.807) is 11.3 Å². The maximum Gasteiger partial charge on any atom is 0.217 e. The van der Waals surface area contributed by atoms with Crippen molar-refractivity contribution >= 4 is 27.5 Å². The van der Waals surface area contributed by atoms with Gasteiger partial charge in [-0.05, 0) is 53.6 Å². The minimum absolute atomic E-state index is 0.0845. The molecule has 5 aromatic rings. The molecule has 4 aromatic carbocycles. The van der Waals surface area contributed by atoms with Crippen LogP contribution >= 0.6 is 11.3 Å². The lowest BCUT2D eigenvalue weighted by Crippen LogP contribution is -2.13. The molecule has 1 aliphatic heterocycles. The van der Waals surface area contributed by atoms with Crippen LogP contribution in [0.1, 0.15) is 22.7 Å². The lowest BCUT2D eigenvalue weighted by molar-refractivity contribution is 0.206. The highest BCUT2D eigenvalue weighted by molar-refractivity contribution is 7.21. The SMILES string of the molecule is c1cc(Oc2cccc(-c3nc4ccccc4s3)c2)cc(C2=N[C@H]3c4ccccc4C[C@H]3O2)c1. The molecule has 2 aliphatic rings. The third-order valence-electron chi connectivity index (χ3n) is 6.36. The minimum Gasteiger partial charge on any atom is -0.471 e. The van der Waals surface area contributed by atoms with E-state index in [0.717, 1.165) is 39.6 Å². The number of benzene rings is 4. The molecule has 0 radical (unpaired) electrons. The van der Waals surface area contributed by atoms with Gasteiger partial charge in [0.1, 0.15) is 28.7 Å². The molecule has 0 bridgehead atoms. The number of ether oxygens (including phenoxy) is 2. The molecule has 4 nitrogen and oxygen atoms in total. The van der Waals surface area contributed by atoms with Crippen molar-refractivity contribution in [2.24, 2.45) is 4.99 Å². The first kappa shape index (κ1) is 19.5. The van der Waals surface area contributed by atoms with Crippen LogP contribution in [0.4, 0.5) is 0 Å². The largest absolute Gasteiger partial charge is 0.471 e. The van der Waals surface area contributed by atoms with Gasteiger partial charge in [-0.2, -0.15) is 0 Å². The van der Waals surface area contributed by atoms with Gasteiger partial charge in [0.25, 0.3) is 0 Å². The third-order valence-corrected chi connectivity index (χ3v) is 7.44. The molecule has 2 heterocycles. The van der Waals surface area contributed by atoms with E-state index in [0.29, 0.717) is 5.90 Å². The summed E-state index contributed by atoms with van der Waals surface area (Å²) in [6, 6.07) is 32.8. The average molecular weight is 461 g/mol. The van der Waals surface area contributed by atoms with Crippen LogP contribution in [0.5, 0.6) is 11.5 Å². The molecule has 0 unspecified atom stereocenters. The molecular formula is C29H20N2O2S. The standard InChI is InChI=1S/C29H20N2O2S/c1-2-12-23-18(7-1)17-25-27(23)31-28(33-25)19-8-5-10-21(15-19)32-22-11-6-9-20(16-22)29-30-24-13-3-4-14-26(24)34-29/h1-16,25,27H,17H2/t25-,27+/m1/s1. The van der Waals surface area contributed by atoms with Gasteiger partial charge < -0.3 is 9.47 Å². The monoisotopic (exact) mass is 460 g/mol. The van der Waals surface area contributed by atoms with Gasteiger partial charge in [0.05, 0.1) is 10.2 Å². The number of aliphatic imine (C=N–C) groups is 1. The highest BCUT2D eigenvalue weighted by Gasteiger charge is 2.39. The van der Waals surface area contributed by atoms with E-state index in [-0.39, 0.29) is 12.1 Å². The molecule has 34 heavy (non-hydrogen) atoms. The summed E-state index contributed by atoms with van der Waals surface area (Å²) >= 11 is 1.69. The summed E-state index contributed by atoms with van der Waals surface area (Å²) in [5.74, 6) is 2.22. The fourth-order valence-electron chi connectivity index (χ4n) is 4.76. The van der Waals surface area contributed by atoms with Crippen molar-refractivity contribution in [2.75, 3.05) is 0 Å². The van der Waals surface area contributed by atoms with Crippen LogP contribution in [0.2, 0.25) is 0 Å². The number of hydrogen-bond acceptors (Lipinski definition) is 5. The number of aromatic nitrogens is 1. The molecular weight excluding hydrogens is 440 g/mol. The summed E-state index contributed by atoms with van der Waals surface area (Å²) in [6.07, 6.45) is 0.991. The maximum absolute atomic E-state index is 6.25. The summed E-state index contributed by atoms with van der Waals surface area (Å²) in [6.45, 7) is 0. The highest BCUT2D eigenvalue weighted by atomic mass is 32.1. The van der Waals surface area contributed by atoms with Crippen molar-refractivity contribution in [2.45, 2.75) is 18.6 Å². The Morgan fingerprint density at radius 1 is 0.794 bits per heavy atom. The second-order valence-electron chi connectivity index (χ2n) is 8.58. The molecule has 0 fully saturated rings. The van der Waals surface area contributed by atoms with E-state index in [9.17, 15) is 0 Å². The first-order valence-corrected chi connectivity index (χ1v) is 12.2. The number of hydrogen-bond donors (Lipinski definition) is 0. The van der Waals surface area contributed by atoms with Crippen molar-refractivity contribution in [3.63, 3.8) is 0 Å². The summed E-state index contributed by atoms with van der Waals surface area (Å²) in [7, 11) is 0. The molecule has 0 saturated heterocycles. The Morgan fingerprint density at radius 3 is 2.44 bits per heavy atom. The van der Waals surface area contributed by atoms with E-state index in [1.165, 1.54) is 15.8 Å². The highest BCUT2D eigenvalue weighted by Crippen LogP contribution is 2.41. The molecule has 164 valence electrons. The maximum atomic E-state index is 6.25. The van der Waals surface area contributed by atoms with Gasteiger partial charge in [-0.3, -0.25) is 0 Å².